The molecule has 0 saturated carbocycles. The molecule has 0 bridgehead atoms. The maximum atomic E-state index is 11.1. The molecule has 0 fully saturated rings. The third-order valence-electron chi connectivity index (χ3n) is 1.74. The molecule has 3 heteroatoms. The van der Waals surface area contributed by atoms with Crippen LogP contribution in [0.1, 0.15) is 20.3 Å². The molecule has 0 heterocycles. The van der Waals surface area contributed by atoms with Gasteiger partial charge in [0.25, 0.3) is 0 Å². The van der Waals surface area contributed by atoms with Crippen LogP contribution in [0.25, 0.3) is 0 Å². The van der Waals surface area contributed by atoms with Crippen LogP contribution < -0.4 is 0 Å². The summed E-state index contributed by atoms with van der Waals surface area (Å²) in [4.78, 5) is 22.0. The molecule has 0 unspecified atom stereocenters. The summed E-state index contributed by atoms with van der Waals surface area (Å²) < 4.78 is 0. The van der Waals surface area contributed by atoms with E-state index >= 15 is 0 Å². The van der Waals surface area contributed by atoms with Crippen LogP contribution >= 0.6 is 0 Å². The fraction of sp³-hybridized carbons (Fsp3) is 0.500. The highest BCUT2D eigenvalue weighted by Gasteiger charge is 2.36. The number of ketones is 2. The lowest BCUT2D eigenvalue weighted by Crippen LogP contribution is -2.40. The summed E-state index contributed by atoms with van der Waals surface area (Å²) in [6, 6.07) is 0. The molecule has 1 atom stereocenters. The molecule has 0 aromatic rings. The first-order valence-corrected chi connectivity index (χ1v) is 3.42. The summed E-state index contributed by atoms with van der Waals surface area (Å²) in [7, 11) is 0. The zero-order valence-corrected chi connectivity index (χ0v) is 6.55. The maximum Gasteiger partial charge on any atom is 0.190 e. The van der Waals surface area contributed by atoms with E-state index in [1.54, 1.807) is 0 Å². The zero-order chi connectivity index (χ0) is 8.65. The standard InChI is InChI=1S/C8H10O3/c1-5-3-6(9)4-8(2,11)7(5)10/h3,11H,4H2,1-2H3/t8-/m1/s1. The first kappa shape index (κ1) is 8.14. The van der Waals surface area contributed by atoms with Crippen molar-refractivity contribution < 1.29 is 14.7 Å². The minimum Gasteiger partial charge on any atom is -0.382 e. The summed E-state index contributed by atoms with van der Waals surface area (Å²) in [5.74, 6) is -0.538. The van der Waals surface area contributed by atoms with Gasteiger partial charge in [0.15, 0.2) is 11.6 Å². The Labute approximate surface area is 64.7 Å². The molecule has 0 amide bonds. The van der Waals surface area contributed by atoms with Crippen LogP contribution in [0.4, 0.5) is 0 Å². The van der Waals surface area contributed by atoms with Gasteiger partial charge in [-0.3, -0.25) is 9.59 Å². The van der Waals surface area contributed by atoms with Crippen LogP contribution in [0.3, 0.4) is 0 Å². The molecular weight excluding hydrogens is 144 g/mol. The van der Waals surface area contributed by atoms with Crippen molar-refractivity contribution in [1.82, 2.24) is 0 Å². The number of carbonyl (C=O) groups is 2. The van der Waals surface area contributed by atoms with Crippen molar-refractivity contribution >= 4 is 11.6 Å². The third kappa shape index (κ3) is 1.38. The number of hydrogen-bond donors (Lipinski definition) is 1. The average molecular weight is 154 g/mol. The SMILES string of the molecule is CC1=CC(=O)C[C@@](C)(O)C1=O. The molecule has 0 spiro atoms. The minimum absolute atomic E-state index is 0.0941. The van der Waals surface area contributed by atoms with Crippen molar-refractivity contribution in [2.45, 2.75) is 25.9 Å². The number of allylic oxidation sites excluding steroid dienone is 1. The van der Waals surface area contributed by atoms with Crippen LogP contribution in [-0.4, -0.2) is 22.3 Å². The fourth-order valence-electron chi connectivity index (χ4n) is 1.20. The molecule has 0 saturated heterocycles. The predicted octanol–water partition coefficient (Wildman–Crippen LogP) is 0.226. The van der Waals surface area contributed by atoms with E-state index in [4.69, 9.17) is 0 Å². The Kier molecular flexibility index (Phi) is 1.68. The summed E-state index contributed by atoms with van der Waals surface area (Å²) in [5, 5.41) is 9.37. The smallest absolute Gasteiger partial charge is 0.190 e. The Hall–Kier alpha value is -0.960. The Morgan fingerprint density at radius 2 is 2.09 bits per heavy atom. The van der Waals surface area contributed by atoms with Crippen LogP contribution in [0, 0.1) is 0 Å². The van der Waals surface area contributed by atoms with Gasteiger partial charge in [-0.15, -0.1) is 0 Å². The maximum absolute atomic E-state index is 11.1. The van der Waals surface area contributed by atoms with E-state index < -0.39 is 5.60 Å². The van der Waals surface area contributed by atoms with Crippen LogP contribution in [0.2, 0.25) is 0 Å². The molecule has 0 radical (unpaired) electrons. The van der Waals surface area contributed by atoms with Crippen LogP contribution in [0.15, 0.2) is 11.6 Å². The van der Waals surface area contributed by atoms with E-state index in [2.05, 4.69) is 0 Å². The molecular formula is C8H10O3. The molecule has 1 aliphatic carbocycles. The van der Waals surface area contributed by atoms with Crippen molar-refractivity contribution in [2.24, 2.45) is 0 Å². The van der Waals surface area contributed by atoms with E-state index in [1.165, 1.54) is 19.9 Å². The lowest BCUT2D eigenvalue weighted by Gasteiger charge is -2.23. The fourth-order valence-corrected chi connectivity index (χ4v) is 1.20. The van der Waals surface area contributed by atoms with Crippen molar-refractivity contribution in [3.8, 4) is 0 Å². The second kappa shape index (κ2) is 2.27. The molecule has 60 valence electrons. The Bertz CT molecular complexity index is 248. The highest BCUT2D eigenvalue weighted by Crippen LogP contribution is 2.21. The van der Waals surface area contributed by atoms with Gasteiger partial charge in [-0.05, 0) is 25.5 Å². The van der Waals surface area contributed by atoms with E-state index in [1.807, 2.05) is 0 Å². The van der Waals surface area contributed by atoms with Crippen molar-refractivity contribution in [3.63, 3.8) is 0 Å². The second-order valence-electron chi connectivity index (χ2n) is 3.07. The first-order chi connectivity index (χ1) is 4.93. The highest BCUT2D eigenvalue weighted by atomic mass is 16.3. The van der Waals surface area contributed by atoms with Gasteiger partial charge in [0, 0.05) is 6.42 Å². The highest BCUT2D eigenvalue weighted by molar-refractivity contribution is 6.12. The Balaban J connectivity index is 3.05. The van der Waals surface area contributed by atoms with Gasteiger partial charge in [-0.2, -0.15) is 0 Å². The molecule has 0 aromatic heterocycles. The van der Waals surface area contributed by atoms with E-state index in [-0.39, 0.29) is 18.0 Å². The van der Waals surface area contributed by atoms with E-state index in [0.29, 0.717) is 5.57 Å². The minimum atomic E-state index is -1.48. The number of rotatable bonds is 0. The summed E-state index contributed by atoms with van der Waals surface area (Å²) in [6.07, 6.45) is 1.18. The first-order valence-electron chi connectivity index (χ1n) is 3.42. The quantitative estimate of drug-likeness (QED) is 0.543. The number of carbonyl (C=O) groups excluding carboxylic acids is 2. The summed E-state index contributed by atoms with van der Waals surface area (Å²) in [6.45, 7) is 2.90. The number of aliphatic hydroxyl groups is 1. The molecule has 3 nitrogen and oxygen atoms in total. The number of hydrogen-bond acceptors (Lipinski definition) is 3. The molecule has 1 aliphatic rings. The van der Waals surface area contributed by atoms with Crippen molar-refractivity contribution in [2.75, 3.05) is 0 Å². The largest absolute Gasteiger partial charge is 0.382 e. The predicted molar refractivity (Wildman–Crippen MR) is 39.0 cm³/mol. The van der Waals surface area contributed by atoms with Gasteiger partial charge in [0.2, 0.25) is 0 Å². The van der Waals surface area contributed by atoms with Crippen LogP contribution in [-0.2, 0) is 9.59 Å². The van der Waals surface area contributed by atoms with Crippen molar-refractivity contribution in [3.05, 3.63) is 11.6 Å². The Morgan fingerprint density at radius 1 is 1.55 bits per heavy atom. The molecule has 0 aliphatic heterocycles. The van der Waals surface area contributed by atoms with Gasteiger partial charge < -0.3 is 5.11 Å². The summed E-state index contributed by atoms with van der Waals surface area (Å²) >= 11 is 0. The molecule has 1 N–H and O–H groups in total. The zero-order valence-electron chi connectivity index (χ0n) is 6.55. The molecule has 0 aromatic carbocycles. The van der Waals surface area contributed by atoms with Gasteiger partial charge in [0.1, 0.15) is 5.60 Å². The second-order valence-corrected chi connectivity index (χ2v) is 3.07. The monoisotopic (exact) mass is 154 g/mol. The van der Waals surface area contributed by atoms with Gasteiger partial charge in [-0.25, -0.2) is 0 Å². The molecule has 1 rings (SSSR count). The van der Waals surface area contributed by atoms with E-state index in [9.17, 15) is 14.7 Å². The number of Topliss-reactive ketones (excluding diaryl/α,β-unsaturated/α-hetero) is 1. The van der Waals surface area contributed by atoms with Gasteiger partial charge >= 0.3 is 0 Å². The topological polar surface area (TPSA) is 54.4 Å². The van der Waals surface area contributed by atoms with Crippen LogP contribution in [0.5, 0.6) is 0 Å². The lowest BCUT2D eigenvalue weighted by molar-refractivity contribution is -0.138. The van der Waals surface area contributed by atoms with Crippen molar-refractivity contribution in [1.29, 1.82) is 0 Å². The lowest BCUT2D eigenvalue weighted by atomic mass is 9.85. The average Bonchev–Trinajstić information content (AvgIpc) is 1.81. The summed E-state index contributed by atoms with van der Waals surface area (Å²) in [5.41, 5.74) is -1.14. The van der Waals surface area contributed by atoms with Gasteiger partial charge in [0.05, 0.1) is 0 Å². The molecule has 11 heavy (non-hydrogen) atoms. The normalized spacial score (nSPS) is 32.1. The van der Waals surface area contributed by atoms with E-state index in [0.717, 1.165) is 0 Å². The van der Waals surface area contributed by atoms with Gasteiger partial charge in [-0.1, -0.05) is 0 Å². The Morgan fingerprint density at radius 3 is 2.55 bits per heavy atom. The third-order valence-corrected chi connectivity index (χ3v) is 1.74.